The summed E-state index contributed by atoms with van der Waals surface area (Å²) >= 11 is 0. The summed E-state index contributed by atoms with van der Waals surface area (Å²) in [7, 11) is 2.17. The molecule has 0 radical (unpaired) electrons. The van der Waals surface area contributed by atoms with Crippen molar-refractivity contribution >= 4 is 27.6 Å². The smallest absolute Gasteiger partial charge is 0.138 e. The van der Waals surface area contributed by atoms with Crippen LogP contribution in [0.25, 0.3) is 44.3 Å². The second-order valence-electron chi connectivity index (χ2n) is 7.89. The molecule has 8 heteroatoms. The second-order valence-corrected chi connectivity index (χ2v) is 7.89. The Morgan fingerprint density at radius 1 is 0.933 bits per heavy atom. The highest BCUT2D eigenvalue weighted by Crippen LogP contribution is 2.34. The monoisotopic (exact) mass is 398 g/mol. The van der Waals surface area contributed by atoms with Gasteiger partial charge < -0.3 is 14.8 Å². The highest BCUT2D eigenvalue weighted by molar-refractivity contribution is 6.00. The Morgan fingerprint density at radius 2 is 1.83 bits per heavy atom. The van der Waals surface area contributed by atoms with Crippen LogP contribution in [-0.2, 0) is 0 Å². The average molecular weight is 398 g/mol. The molecule has 1 fully saturated rings. The van der Waals surface area contributed by atoms with Crippen molar-refractivity contribution in [3.8, 4) is 22.5 Å². The average Bonchev–Trinajstić information content (AvgIpc) is 3.52. The molecular weight excluding hydrogens is 376 g/mol. The number of nitrogens with one attached hydrogen (secondary N) is 3. The molecule has 1 aromatic carbocycles. The zero-order valence-electron chi connectivity index (χ0n) is 16.7. The number of H-pyrrole nitrogens is 3. The van der Waals surface area contributed by atoms with Crippen molar-refractivity contribution in [3.63, 3.8) is 0 Å². The molecule has 1 saturated heterocycles. The predicted molar refractivity (Wildman–Crippen MR) is 118 cm³/mol. The van der Waals surface area contributed by atoms with Crippen molar-refractivity contribution in [3.05, 3.63) is 48.9 Å². The fraction of sp³-hybridized carbons (Fsp3) is 0.227. The van der Waals surface area contributed by atoms with Gasteiger partial charge in [0.15, 0.2) is 0 Å². The molecule has 0 aliphatic carbocycles. The van der Waals surface area contributed by atoms with Crippen molar-refractivity contribution in [2.45, 2.75) is 0 Å². The van der Waals surface area contributed by atoms with Gasteiger partial charge in [0.1, 0.15) is 11.5 Å². The number of aromatic amines is 3. The summed E-state index contributed by atoms with van der Waals surface area (Å²) < 4.78 is 0. The van der Waals surface area contributed by atoms with Gasteiger partial charge >= 0.3 is 0 Å². The first-order valence-electron chi connectivity index (χ1n) is 10.1. The van der Waals surface area contributed by atoms with E-state index in [1.54, 1.807) is 0 Å². The van der Waals surface area contributed by atoms with E-state index in [0.717, 1.165) is 76.3 Å². The van der Waals surface area contributed by atoms with Crippen molar-refractivity contribution < 1.29 is 0 Å². The first-order valence-corrected chi connectivity index (χ1v) is 10.1. The van der Waals surface area contributed by atoms with E-state index in [-0.39, 0.29) is 0 Å². The van der Waals surface area contributed by atoms with Gasteiger partial charge in [0, 0.05) is 54.9 Å². The lowest BCUT2D eigenvalue weighted by Crippen LogP contribution is -2.44. The Hall–Kier alpha value is -3.65. The van der Waals surface area contributed by atoms with Crippen LogP contribution in [0, 0.1) is 0 Å². The Morgan fingerprint density at radius 3 is 2.67 bits per heavy atom. The molecule has 0 atom stereocenters. The van der Waals surface area contributed by atoms with Gasteiger partial charge in [0.25, 0.3) is 0 Å². The summed E-state index contributed by atoms with van der Waals surface area (Å²) in [6.45, 7) is 4.08. The number of piperazine rings is 1. The standard InChI is InChI=1S/C22H22N8/c1-29-6-8-30(9-7-29)22-17-11-20(26-18(17)4-5-23-22)21-16-10-14(15-12-24-25-13-15)2-3-19(16)27-28-21/h2-5,10-13,26H,6-9H2,1H3,(H,24,25)(H,27,28). The summed E-state index contributed by atoms with van der Waals surface area (Å²) in [5.41, 5.74) is 6.15. The van der Waals surface area contributed by atoms with E-state index < -0.39 is 0 Å². The largest absolute Gasteiger partial charge is 0.353 e. The topological polar surface area (TPSA) is 92.5 Å². The maximum absolute atomic E-state index is 4.71. The Kier molecular flexibility index (Phi) is 3.85. The van der Waals surface area contributed by atoms with E-state index in [0.29, 0.717) is 0 Å². The molecule has 8 nitrogen and oxygen atoms in total. The Bertz CT molecular complexity index is 1320. The van der Waals surface area contributed by atoms with E-state index in [2.05, 4.69) is 66.5 Å². The van der Waals surface area contributed by atoms with E-state index in [1.807, 2.05) is 24.7 Å². The van der Waals surface area contributed by atoms with Gasteiger partial charge in [0.2, 0.25) is 0 Å². The van der Waals surface area contributed by atoms with Crippen LogP contribution in [0.4, 0.5) is 5.82 Å². The minimum absolute atomic E-state index is 0.913. The molecule has 5 heterocycles. The zero-order chi connectivity index (χ0) is 20.1. The van der Waals surface area contributed by atoms with Crippen LogP contribution in [0.2, 0.25) is 0 Å². The van der Waals surface area contributed by atoms with Crippen LogP contribution in [0.15, 0.2) is 48.9 Å². The molecule has 0 unspecified atom stereocenters. The molecule has 3 N–H and O–H groups in total. The highest BCUT2D eigenvalue weighted by atomic mass is 15.3. The summed E-state index contributed by atoms with van der Waals surface area (Å²) in [6.07, 6.45) is 5.62. The summed E-state index contributed by atoms with van der Waals surface area (Å²) in [6, 6.07) is 10.5. The number of likely N-dealkylation sites (N-methyl/N-ethyl adjacent to an activating group) is 1. The number of anilines is 1. The molecular formula is C22H22N8. The number of benzene rings is 1. The summed E-state index contributed by atoms with van der Waals surface area (Å²) in [5.74, 6) is 1.04. The Labute approximate surface area is 172 Å². The van der Waals surface area contributed by atoms with Crippen LogP contribution in [-0.4, -0.2) is 68.5 Å². The van der Waals surface area contributed by atoms with Crippen molar-refractivity contribution in [1.82, 2.24) is 35.3 Å². The lowest BCUT2D eigenvalue weighted by molar-refractivity contribution is 0.312. The van der Waals surface area contributed by atoms with Crippen LogP contribution < -0.4 is 4.90 Å². The third-order valence-electron chi connectivity index (χ3n) is 5.98. The Balaban J connectivity index is 1.45. The first-order chi connectivity index (χ1) is 14.8. The zero-order valence-corrected chi connectivity index (χ0v) is 16.7. The van der Waals surface area contributed by atoms with Crippen molar-refractivity contribution in [2.24, 2.45) is 0 Å². The van der Waals surface area contributed by atoms with Crippen LogP contribution in [0.5, 0.6) is 0 Å². The quantitative estimate of drug-likeness (QED) is 0.434. The maximum Gasteiger partial charge on any atom is 0.138 e. The molecule has 4 aromatic heterocycles. The van der Waals surface area contributed by atoms with Gasteiger partial charge in [-0.15, -0.1) is 0 Å². The van der Waals surface area contributed by atoms with Gasteiger partial charge in [-0.05, 0) is 36.9 Å². The fourth-order valence-electron chi connectivity index (χ4n) is 4.24. The number of rotatable bonds is 3. The molecule has 0 amide bonds. The van der Waals surface area contributed by atoms with Crippen molar-refractivity contribution in [2.75, 3.05) is 38.1 Å². The molecule has 0 bridgehead atoms. The van der Waals surface area contributed by atoms with Crippen LogP contribution in [0.1, 0.15) is 0 Å². The molecule has 30 heavy (non-hydrogen) atoms. The lowest BCUT2D eigenvalue weighted by atomic mass is 10.1. The molecule has 0 spiro atoms. The number of aromatic nitrogens is 6. The summed E-state index contributed by atoms with van der Waals surface area (Å²) in [4.78, 5) is 13.0. The van der Waals surface area contributed by atoms with Gasteiger partial charge in [-0.1, -0.05) is 6.07 Å². The third-order valence-corrected chi connectivity index (χ3v) is 5.98. The minimum atomic E-state index is 0.913. The fourth-order valence-corrected chi connectivity index (χ4v) is 4.24. The minimum Gasteiger partial charge on any atom is -0.353 e. The molecule has 1 aliphatic rings. The molecule has 1 aliphatic heterocycles. The number of nitrogens with zero attached hydrogens (tertiary/aromatic N) is 5. The maximum atomic E-state index is 4.71. The SMILES string of the molecule is CN1CCN(c2nccc3[nH]c(-c4n[nH]c5ccc(-c6cn[nH]c6)cc45)cc23)CC1. The summed E-state index contributed by atoms with van der Waals surface area (Å²) in [5, 5.41) is 16.9. The van der Waals surface area contributed by atoms with Gasteiger partial charge in [-0.3, -0.25) is 10.2 Å². The van der Waals surface area contributed by atoms with E-state index >= 15 is 0 Å². The van der Waals surface area contributed by atoms with Crippen LogP contribution in [0.3, 0.4) is 0 Å². The number of pyridine rings is 1. The van der Waals surface area contributed by atoms with Gasteiger partial charge in [0.05, 0.1) is 22.9 Å². The molecule has 150 valence electrons. The van der Waals surface area contributed by atoms with E-state index in [9.17, 15) is 0 Å². The number of hydrogen-bond donors (Lipinski definition) is 3. The lowest BCUT2D eigenvalue weighted by Gasteiger charge is -2.33. The molecule has 0 saturated carbocycles. The van der Waals surface area contributed by atoms with Gasteiger partial charge in [-0.2, -0.15) is 10.2 Å². The van der Waals surface area contributed by atoms with Gasteiger partial charge in [-0.25, -0.2) is 4.98 Å². The van der Waals surface area contributed by atoms with Crippen molar-refractivity contribution in [1.29, 1.82) is 0 Å². The van der Waals surface area contributed by atoms with E-state index in [1.165, 1.54) is 0 Å². The highest BCUT2D eigenvalue weighted by Gasteiger charge is 2.20. The molecule has 5 aromatic rings. The normalized spacial score (nSPS) is 15.4. The second kappa shape index (κ2) is 6.70. The molecule has 6 rings (SSSR count). The third kappa shape index (κ3) is 2.76. The number of hydrogen-bond acceptors (Lipinski definition) is 5. The predicted octanol–water partition coefficient (Wildman–Crippen LogP) is 3.25. The van der Waals surface area contributed by atoms with E-state index in [4.69, 9.17) is 4.98 Å². The number of fused-ring (bicyclic) bond motifs is 2. The first kappa shape index (κ1) is 17.2. The van der Waals surface area contributed by atoms with Crippen LogP contribution >= 0.6 is 0 Å².